The molecule has 1 heterocycles. The van der Waals surface area contributed by atoms with Crippen LogP contribution in [0, 0.1) is 6.92 Å². The lowest BCUT2D eigenvalue weighted by Crippen LogP contribution is -2.18. The number of carbonyl (C=O) groups excluding carboxylic acids is 1. The highest BCUT2D eigenvalue weighted by Gasteiger charge is 2.13. The molecule has 1 aromatic heterocycles. The average Bonchev–Trinajstić information content (AvgIpc) is 3.06. The van der Waals surface area contributed by atoms with Crippen molar-refractivity contribution >= 4 is 28.1 Å². The number of benzene rings is 2. The number of halogens is 1. The minimum atomic E-state index is -0.367. The largest absolute Gasteiger partial charge is 0.488 e. The molecule has 0 radical (unpaired) electrons. The maximum absolute atomic E-state index is 12.5. The van der Waals surface area contributed by atoms with Crippen LogP contribution in [0.5, 0.6) is 5.75 Å². The third kappa shape index (κ3) is 4.83. The summed E-state index contributed by atoms with van der Waals surface area (Å²) in [6, 6.07) is 18.6. The van der Waals surface area contributed by atoms with Crippen LogP contribution in [-0.4, -0.2) is 12.1 Å². The number of carbonyl (C=O) groups is 1. The fourth-order valence-corrected chi connectivity index (χ4v) is 2.64. The summed E-state index contributed by atoms with van der Waals surface area (Å²) in [4.78, 5) is 12.5. The molecule has 0 aliphatic rings. The topological polar surface area (TPSA) is 63.8 Å². The van der Waals surface area contributed by atoms with E-state index >= 15 is 0 Å². The number of ether oxygens (including phenoxy) is 1. The van der Waals surface area contributed by atoms with Crippen molar-refractivity contribution in [2.75, 3.05) is 0 Å². The van der Waals surface area contributed by atoms with Gasteiger partial charge in [0.25, 0.3) is 5.91 Å². The molecular formula is C20H17BrN2O3. The highest BCUT2D eigenvalue weighted by Crippen LogP contribution is 2.24. The Morgan fingerprint density at radius 2 is 2.00 bits per heavy atom. The molecule has 3 rings (SSSR count). The Morgan fingerprint density at radius 3 is 2.73 bits per heavy atom. The van der Waals surface area contributed by atoms with Gasteiger partial charge in [-0.15, -0.1) is 0 Å². The molecule has 5 nitrogen and oxygen atoms in total. The number of amides is 1. The zero-order chi connectivity index (χ0) is 18.4. The van der Waals surface area contributed by atoms with E-state index in [-0.39, 0.29) is 5.91 Å². The molecule has 1 N–H and O–H groups in total. The Bertz CT molecular complexity index is 920. The summed E-state index contributed by atoms with van der Waals surface area (Å²) in [5.74, 6) is 1.46. The molecule has 0 atom stereocenters. The lowest BCUT2D eigenvalue weighted by Gasteiger charge is -2.11. The van der Waals surface area contributed by atoms with Gasteiger partial charge in [-0.05, 0) is 42.8 Å². The monoisotopic (exact) mass is 412 g/mol. The quantitative estimate of drug-likeness (QED) is 0.471. The predicted octanol–water partition coefficient (Wildman–Crippen LogP) is 4.69. The molecule has 0 saturated heterocycles. The van der Waals surface area contributed by atoms with Crippen LogP contribution in [0.4, 0.5) is 0 Å². The second-order valence-corrected chi connectivity index (χ2v) is 6.48. The van der Waals surface area contributed by atoms with E-state index in [2.05, 4.69) is 26.5 Å². The lowest BCUT2D eigenvalue weighted by atomic mass is 10.2. The van der Waals surface area contributed by atoms with Gasteiger partial charge in [-0.25, -0.2) is 5.43 Å². The Balaban J connectivity index is 1.70. The van der Waals surface area contributed by atoms with Crippen LogP contribution < -0.4 is 10.2 Å². The van der Waals surface area contributed by atoms with Crippen LogP contribution in [0.15, 0.2) is 74.7 Å². The number of furan rings is 1. The Kier molecular flexibility index (Phi) is 5.86. The molecule has 26 heavy (non-hydrogen) atoms. The van der Waals surface area contributed by atoms with Gasteiger partial charge in [0, 0.05) is 4.47 Å². The van der Waals surface area contributed by atoms with Crippen LogP contribution in [0.3, 0.4) is 0 Å². The zero-order valence-electron chi connectivity index (χ0n) is 14.1. The summed E-state index contributed by atoms with van der Waals surface area (Å²) < 4.78 is 12.0. The second-order valence-electron chi connectivity index (χ2n) is 5.56. The summed E-state index contributed by atoms with van der Waals surface area (Å²) in [6.45, 7) is 2.21. The van der Waals surface area contributed by atoms with Gasteiger partial charge < -0.3 is 9.15 Å². The third-order valence-electron chi connectivity index (χ3n) is 3.54. The van der Waals surface area contributed by atoms with Gasteiger partial charge in [-0.3, -0.25) is 4.79 Å². The summed E-state index contributed by atoms with van der Waals surface area (Å²) in [5, 5.41) is 3.93. The molecule has 3 aromatic rings. The lowest BCUT2D eigenvalue weighted by molar-refractivity contribution is 0.0950. The van der Waals surface area contributed by atoms with Gasteiger partial charge >= 0.3 is 0 Å². The summed E-state index contributed by atoms with van der Waals surface area (Å²) in [5.41, 5.74) is 3.91. The minimum Gasteiger partial charge on any atom is -0.488 e. The van der Waals surface area contributed by atoms with E-state index in [0.29, 0.717) is 23.7 Å². The molecule has 0 saturated carbocycles. The van der Waals surface area contributed by atoms with Crippen molar-refractivity contribution in [3.63, 3.8) is 0 Å². The number of aryl methyl sites for hydroxylation is 1. The van der Waals surface area contributed by atoms with Crippen LogP contribution >= 0.6 is 15.9 Å². The van der Waals surface area contributed by atoms with E-state index in [1.165, 1.54) is 6.21 Å². The van der Waals surface area contributed by atoms with E-state index in [4.69, 9.17) is 9.15 Å². The van der Waals surface area contributed by atoms with Gasteiger partial charge in [-0.2, -0.15) is 5.10 Å². The number of rotatable bonds is 6. The van der Waals surface area contributed by atoms with Crippen LogP contribution in [0.2, 0.25) is 0 Å². The van der Waals surface area contributed by atoms with Gasteiger partial charge in [0.2, 0.25) is 0 Å². The molecule has 0 bridgehead atoms. The first-order valence-corrected chi connectivity index (χ1v) is 8.77. The number of hydrogen-bond acceptors (Lipinski definition) is 4. The standard InChI is InChI=1S/C20H17BrN2O3/c1-14-7-9-17(26-14)12-22-23-20(24)18-11-16(21)8-10-19(18)25-13-15-5-3-2-4-6-15/h2-12H,13H2,1H3,(H,23,24). The van der Waals surface area contributed by atoms with E-state index in [1.54, 1.807) is 18.2 Å². The molecule has 0 fully saturated rings. The van der Waals surface area contributed by atoms with Crippen LogP contribution in [0.25, 0.3) is 0 Å². The van der Waals surface area contributed by atoms with Crippen molar-refractivity contribution in [2.24, 2.45) is 5.10 Å². The summed E-state index contributed by atoms with van der Waals surface area (Å²) >= 11 is 3.38. The maximum Gasteiger partial charge on any atom is 0.275 e. The Labute approximate surface area is 159 Å². The fourth-order valence-electron chi connectivity index (χ4n) is 2.28. The SMILES string of the molecule is Cc1ccc(C=NNC(=O)c2cc(Br)ccc2OCc2ccccc2)o1. The van der Waals surface area contributed by atoms with Crippen molar-refractivity contribution < 1.29 is 13.9 Å². The molecule has 1 amide bonds. The molecule has 0 unspecified atom stereocenters. The number of nitrogens with zero attached hydrogens (tertiary/aromatic N) is 1. The molecule has 2 aromatic carbocycles. The molecule has 132 valence electrons. The first kappa shape index (κ1) is 17.9. The van der Waals surface area contributed by atoms with E-state index in [1.807, 2.05) is 49.4 Å². The normalized spacial score (nSPS) is 10.8. The van der Waals surface area contributed by atoms with Crippen molar-refractivity contribution in [2.45, 2.75) is 13.5 Å². The summed E-state index contributed by atoms with van der Waals surface area (Å²) in [6.07, 6.45) is 1.45. The van der Waals surface area contributed by atoms with E-state index < -0.39 is 0 Å². The molecule has 6 heteroatoms. The third-order valence-corrected chi connectivity index (χ3v) is 4.04. The van der Waals surface area contributed by atoms with Crippen LogP contribution in [0.1, 0.15) is 27.4 Å². The number of nitrogens with one attached hydrogen (secondary N) is 1. The predicted molar refractivity (Wildman–Crippen MR) is 103 cm³/mol. The van der Waals surface area contributed by atoms with Crippen molar-refractivity contribution in [1.82, 2.24) is 5.43 Å². The first-order valence-electron chi connectivity index (χ1n) is 7.98. The number of hydrogen-bond donors (Lipinski definition) is 1. The Hall–Kier alpha value is -2.86. The molecular weight excluding hydrogens is 396 g/mol. The number of hydrazone groups is 1. The summed E-state index contributed by atoms with van der Waals surface area (Å²) in [7, 11) is 0. The van der Waals surface area contributed by atoms with E-state index in [9.17, 15) is 4.79 Å². The van der Waals surface area contributed by atoms with Gasteiger partial charge in [0.15, 0.2) is 0 Å². The van der Waals surface area contributed by atoms with Crippen molar-refractivity contribution in [3.8, 4) is 5.75 Å². The highest BCUT2D eigenvalue weighted by atomic mass is 79.9. The maximum atomic E-state index is 12.5. The Morgan fingerprint density at radius 1 is 1.19 bits per heavy atom. The first-order chi connectivity index (χ1) is 12.6. The molecule has 0 aliphatic carbocycles. The smallest absolute Gasteiger partial charge is 0.275 e. The van der Waals surface area contributed by atoms with Gasteiger partial charge in [-0.1, -0.05) is 46.3 Å². The zero-order valence-corrected chi connectivity index (χ0v) is 15.7. The highest BCUT2D eigenvalue weighted by molar-refractivity contribution is 9.10. The minimum absolute atomic E-state index is 0.367. The van der Waals surface area contributed by atoms with Crippen molar-refractivity contribution in [3.05, 3.63) is 87.8 Å². The van der Waals surface area contributed by atoms with Gasteiger partial charge in [0.05, 0.1) is 11.8 Å². The second kappa shape index (κ2) is 8.49. The average molecular weight is 413 g/mol. The van der Waals surface area contributed by atoms with Crippen molar-refractivity contribution in [1.29, 1.82) is 0 Å². The van der Waals surface area contributed by atoms with Crippen LogP contribution in [-0.2, 0) is 6.61 Å². The molecule has 0 aliphatic heterocycles. The molecule has 0 spiro atoms. The fraction of sp³-hybridized carbons (Fsp3) is 0.100. The van der Waals surface area contributed by atoms with Gasteiger partial charge in [0.1, 0.15) is 23.9 Å². The van der Waals surface area contributed by atoms with E-state index in [0.717, 1.165) is 15.8 Å².